The molecule has 0 unspecified atom stereocenters. The first kappa shape index (κ1) is 8.95. The second kappa shape index (κ2) is 3.68. The summed E-state index contributed by atoms with van der Waals surface area (Å²) >= 11 is 0. The van der Waals surface area contributed by atoms with Gasteiger partial charge in [0.1, 0.15) is 0 Å². The highest BCUT2D eigenvalue weighted by Crippen LogP contribution is 2.26. The summed E-state index contributed by atoms with van der Waals surface area (Å²) in [6.07, 6.45) is 2.17. The van der Waals surface area contributed by atoms with Gasteiger partial charge in [-0.25, -0.2) is 0 Å². The van der Waals surface area contributed by atoms with Crippen LogP contribution in [-0.2, 0) is 4.74 Å². The van der Waals surface area contributed by atoms with Crippen LogP contribution >= 0.6 is 0 Å². The molecule has 1 saturated heterocycles. The van der Waals surface area contributed by atoms with Gasteiger partial charge in [0.05, 0.1) is 12.7 Å². The van der Waals surface area contributed by atoms with Crippen molar-refractivity contribution in [2.75, 3.05) is 19.7 Å². The molecule has 1 fully saturated rings. The number of aromatic amines is 1. The average molecular weight is 202 g/mol. The summed E-state index contributed by atoms with van der Waals surface area (Å²) in [6, 6.07) is 8.43. The highest BCUT2D eigenvalue weighted by molar-refractivity contribution is 5.83. The zero-order valence-corrected chi connectivity index (χ0v) is 8.49. The maximum absolute atomic E-state index is 5.77. The van der Waals surface area contributed by atoms with Crippen LogP contribution in [0.15, 0.2) is 30.5 Å². The smallest absolute Gasteiger partial charge is 0.0956 e. The second-order valence-electron chi connectivity index (χ2n) is 3.85. The maximum Gasteiger partial charge on any atom is 0.0956 e. The van der Waals surface area contributed by atoms with Crippen molar-refractivity contribution in [2.45, 2.75) is 6.10 Å². The summed E-state index contributed by atoms with van der Waals surface area (Å²) in [4.78, 5) is 3.22. The fourth-order valence-electron chi connectivity index (χ4n) is 2.16. The predicted molar refractivity (Wildman–Crippen MR) is 59.9 cm³/mol. The Bertz CT molecular complexity index is 457. The summed E-state index contributed by atoms with van der Waals surface area (Å²) in [5.74, 6) is 0. The first-order valence-corrected chi connectivity index (χ1v) is 5.33. The number of aromatic nitrogens is 1. The van der Waals surface area contributed by atoms with E-state index < -0.39 is 0 Å². The first-order valence-electron chi connectivity index (χ1n) is 5.33. The fraction of sp³-hybridized carbons (Fsp3) is 0.333. The van der Waals surface area contributed by atoms with Gasteiger partial charge in [-0.2, -0.15) is 0 Å². The molecule has 2 N–H and O–H groups in total. The van der Waals surface area contributed by atoms with Gasteiger partial charge in [-0.05, 0) is 17.7 Å². The van der Waals surface area contributed by atoms with E-state index in [0.29, 0.717) is 0 Å². The molecule has 15 heavy (non-hydrogen) atoms. The average Bonchev–Trinajstić information content (AvgIpc) is 2.78. The van der Waals surface area contributed by atoms with Crippen molar-refractivity contribution in [3.63, 3.8) is 0 Å². The number of nitrogens with one attached hydrogen (secondary N) is 2. The Balaban J connectivity index is 2.05. The van der Waals surface area contributed by atoms with Crippen molar-refractivity contribution < 1.29 is 4.74 Å². The van der Waals surface area contributed by atoms with Crippen molar-refractivity contribution in [3.05, 3.63) is 36.0 Å². The molecule has 0 saturated carbocycles. The van der Waals surface area contributed by atoms with E-state index >= 15 is 0 Å². The topological polar surface area (TPSA) is 37.0 Å². The highest BCUT2D eigenvalue weighted by Gasteiger charge is 2.17. The molecule has 3 nitrogen and oxygen atoms in total. The quantitative estimate of drug-likeness (QED) is 0.740. The Labute approximate surface area is 88.4 Å². The Morgan fingerprint density at radius 1 is 1.27 bits per heavy atom. The van der Waals surface area contributed by atoms with E-state index in [9.17, 15) is 0 Å². The molecule has 0 spiro atoms. The first-order chi connectivity index (χ1) is 7.45. The molecule has 1 aliphatic heterocycles. The molecule has 3 heteroatoms. The van der Waals surface area contributed by atoms with Crippen LogP contribution in [0.5, 0.6) is 0 Å². The summed E-state index contributed by atoms with van der Waals surface area (Å²) in [5.41, 5.74) is 2.46. The molecule has 0 radical (unpaired) electrons. The van der Waals surface area contributed by atoms with Crippen molar-refractivity contribution >= 4 is 10.9 Å². The minimum absolute atomic E-state index is 0.193. The van der Waals surface area contributed by atoms with Crippen LogP contribution in [0.1, 0.15) is 11.7 Å². The molecule has 0 bridgehead atoms. The third-order valence-corrected chi connectivity index (χ3v) is 2.90. The van der Waals surface area contributed by atoms with Crippen molar-refractivity contribution in [3.8, 4) is 0 Å². The molecule has 0 aliphatic carbocycles. The molecule has 3 rings (SSSR count). The number of ether oxygens (including phenoxy) is 1. The van der Waals surface area contributed by atoms with Crippen LogP contribution in [0.3, 0.4) is 0 Å². The van der Waals surface area contributed by atoms with Gasteiger partial charge in [0.25, 0.3) is 0 Å². The Hall–Kier alpha value is -1.32. The van der Waals surface area contributed by atoms with Crippen LogP contribution in [0.2, 0.25) is 0 Å². The molecule has 1 aromatic heterocycles. The fourth-order valence-corrected chi connectivity index (χ4v) is 2.16. The summed E-state index contributed by atoms with van der Waals surface area (Å²) < 4.78 is 5.77. The normalized spacial score (nSPS) is 22.0. The SMILES string of the molecule is c1cc([C@@H]2CNCCO2)c2cc[nH]c2c1. The minimum Gasteiger partial charge on any atom is -0.371 e. The number of morpholine rings is 1. The van der Waals surface area contributed by atoms with Gasteiger partial charge in [-0.15, -0.1) is 0 Å². The molecule has 1 atom stereocenters. The van der Waals surface area contributed by atoms with Crippen LogP contribution in [0.4, 0.5) is 0 Å². The molecule has 2 aromatic rings. The van der Waals surface area contributed by atoms with E-state index in [-0.39, 0.29) is 6.10 Å². The highest BCUT2D eigenvalue weighted by atomic mass is 16.5. The zero-order chi connectivity index (χ0) is 10.1. The number of benzene rings is 1. The van der Waals surface area contributed by atoms with Gasteiger partial charge in [-0.1, -0.05) is 12.1 Å². The lowest BCUT2D eigenvalue weighted by atomic mass is 10.0. The van der Waals surface area contributed by atoms with Gasteiger partial charge in [-0.3, -0.25) is 0 Å². The molecular weight excluding hydrogens is 188 g/mol. The van der Waals surface area contributed by atoms with Crippen LogP contribution in [-0.4, -0.2) is 24.7 Å². The zero-order valence-electron chi connectivity index (χ0n) is 8.49. The Morgan fingerprint density at radius 3 is 3.13 bits per heavy atom. The molecule has 0 amide bonds. The Kier molecular flexibility index (Phi) is 2.19. The number of fused-ring (bicyclic) bond motifs is 1. The van der Waals surface area contributed by atoms with Gasteiger partial charge in [0, 0.05) is 30.2 Å². The summed E-state index contributed by atoms with van der Waals surface area (Å²) in [7, 11) is 0. The van der Waals surface area contributed by atoms with Crippen LogP contribution < -0.4 is 5.32 Å². The standard InChI is InChI=1S/C12H14N2O/c1-2-10(12-8-13-6-7-15-12)9-4-5-14-11(9)3-1/h1-5,12-14H,6-8H2/t12-/m0/s1. The number of H-pyrrole nitrogens is 1. The van der Waals surface area contributed by atoms with Crippen molar-refractivity contribution in [1.82, 2.24) is 10.3 Å². The lowest BCUT2D eigenvalue weighted by Crippen LogP contribution is -2.33. The molecule has 2 heterocycles. The lowest BCUT2D eigenvalue weighted by Gasteiger charge is -2.24. The van der Waals surface area contributed by atoms with E-state index in [2.05, 4.69) is 34.6 Å². The number of hydrogen-bond donors (Lipinski definition) is 2. The van der Waals surface area contributed by atoms with Crippen LogP contribution in [0, 0.1) is 0 Å². The maximum atomic E-state index is 5.77. The van der Waals surface area contributed by atoms with Gasteiger partial charge in [0.2, 0.25) is 0 Å². The van der Waals surface area contributed by atoms with E-state index in [4.69, 9.17) is 4.74 Å². The molecule has 78 valence electrons. The number of hydrogen-bond acceptors (Lipinski definition) is 2. The molecule has 1 aliphatic rings. The van der Waals surface area contributed by atoms with Crippen molar-refractivity contribution in [1.29, 1.82) is 0 Å². The van der Waals surface area contributed by atoms with Crippen molar-refractivity contribution in [2.24, 2.45) is 0 Å². The Morgan fingerprint density at radius 2 is 2.27 bits per heavy atom. The molecular formula is C12H14N2O. The van der Waals surface area contributed by atoms with E-state index in [1.165, 1.54) is 16.5 Å². The van der Waals surface area contributed by atoms with E-state index in [0.717, 1.165) is 19.7 Å². The van der Waals surface area contributed by atoms with Crippen LogP contribution in [0.25, 0.3) is 10.9 Å². The van der Waals surface area contributed by atoms with E-state index in [1.807, 2.05) is 6.20 Å². The second-order valence-corrected chi connectivity index (χ2v) is 3.85. The monoisotopic (exact) mass is 202 g/mol. The summed E-state index contributed by atoms with van der Waals surface area (Å²) in [5, 5.41) is 4.62. The minimum atomic E-state index is 0.193. The van der Waals surface area contributed by atoms with Gasteiger partial charge >= 0.3 is 0 Å². The predicted octanol–water partition coefficient (Wildman–Crippen LogP) is 1.83. The van der Waals surface area contributed by atoms with Gasteiger partial charge < -0.3 is 15.0 Å². The van der Waals surface area contributed by atoms with E-state index in [1.54, 1.807) is 0 Å². The molecule has 1 aromatic carbocycles. The lowest BCUT2D eigenvalue weighted by molar-refractivity contribution is 0.0286. The third kappa shape index (κ3) is 1.54. The third-order valence-electron chi connectivity index (χ3n) is 2.90. The van der Waals surface area contributed by atoms with Gasteiger partial charge in [0.15, 0.2) is 0 Å². The largest absolute Gasteiger partial charge is 0.371 e. The number of rotatable bonds is 1. The summed E-state index contributed by atoms with van der Waals surface area (Å²) in [6.45, 7) is 2.66.